The van der Waals surface area contributed by atoms with Crippen molar-refractivity contribution >= 4 is 27.2 Å². The van der Waals surface area contributed by atoms with E-state index < -0.39 is 45.5 Å². The topological polar surface area (TPSA) is 82.0 Å². The van der Waals surface area contributed by atoms with Crippen LogP contribution in [0.3, 0.4) is 0 Å². The maximum absolute atomic E-state index is 14.1. The van der Waals surface area contributed by atoms with Crippen molar-refractivity contribution in [2.75, 3.05) is 16.8 Å². The number of sulfonamides is 1. The first kappa shape index (κ1) is 18.5. The standard InChI is InChI=1S/C16H17F4N3O3S/c17-9-5-11(23-4-3-10(24)7-13(23)16(18,19)20)14-12(6-9)27(25,26)22-15(21-14)8-1-2-8/h5-6,8,10,13,24H,1-4,7H2,(H,21,22)/t10-,13+/m1/s1. The molecule has 1 aliphatic carbocycles. The summed E-state index contributed by atoms with van der Waals surface area (Å²) < 4.78 is 83.3. The Hall–Kier alpha value is -1.88. The Balaban J connectivity index is 1.84. The number of fused-ring (bicyclic) bond motifs is 1. The van der Waals surface area contributed by atoms with Crippen molar-refractivity contribution in [3.05, 3.63) is 17.9 Å². The van der Waals surface area contributed by atoms with Crippen LogP contribution in [0, 0.1) is 11.7 Å². The van der Waals surface area contributed by atoms with Gasteiger partial charge in [0.1, 0.15) is 22.6 Å². The largest absolute Gasteiger partial charge is 0.408 e. The number of piperidine rings is 1. The van der Waals surface area contributed by atoms with E-state index in [9.17, 15) is 31.1 Å². The second kappa shape index (κ2) is 6.06. The molecule has 0 spiro atoms. The first-order valence-electron chi connectivity index (χ1n) is 8.53. The molecule has 148 valence electrons. The lowest BCUT2D eigenvalue weighted by Gasteiger charge is -2.41. The van der Waals surface area contributed by atoms with Gasteiger partial charge in [-0.3, -0.25) is 0 Å². The van der Waals surface area contributed by atoms with Crippen LogP contribution < -0.4 is 10.2 Å². The van der Waals surface area contributed by atoms with Gasteiger partial charge < -0.3 is 15.3 Å². The molecule has 1 saturated heterocycles. The van der Waals surface area contributed by atoms with Gasteiger partial charge in [0.25, 0.3) is 10.0 Å². The van der Waals surface area contributed by atoms with Crippen molar-refractivity contribution in [2.24, 2.45) is 10.3 Å². The fourth-order valence-corrected chi connectivity index (χ4v) is 4.76. The molecule has 0 aromatic heterocycles. The summed E-state index contributed by atoms with van der Waals surface area (Å²) in [6.45, 7) is -0.182. The van der Waals surface area contributed by atoms with E-state index >= 15 is 0 Å². The van der Waals surface area contributed by atoms with Crippen LogP contribution in [0.5, 0.6) is 0 Å². The molecule has 2 fully saturated rings. The van der Waals surface area contributed by atoms with Crippen LogP contribution in [0.2, 0.25) is 0 Å². The average Bonchev–Trinajstić information content (AvgIpc) is 3.38. The Morgan fingerprint density at radius 2 is 1.93 bits per heavy atom. The molecule has 1 aromatic rings. The molecule has 2 aliphatic heterocycles. The summed E-state index contributed by atoms with van der Waals surface area (Å²) in [7, 11) is -4.22. The van der Waals surface area contributed by atoms with E-state index in [2.05, 4.69) is 9.71 Å². The lowest BCUT2D eigenvalue weighted by atomic mass is 9.97. The molecule has 11 heteroatoms. The smallest absolute Gasteiger partial charge is 0.393 e. The number of anilines is 2. The van der Waals surface area contributed by atoms with Crippen molar-refractivity contribution < 1.29 is 31.1 Å². The molecule has 0 unspecified atom stereocenters. The van der Waals surface area contributed by atoms with Gasteiger partial charge in [0, 0.05) is 18.9 Å². The number of hydrogen-bond acceptors (Lipinski definition) is 5. The predicted octanol–water partition coefficient (Wildman–Crippen LogP) is 2.64. The maximum Gasteiger partial charge on any atom is 0.408 e. The Morgan fingerprint density at radius 1 is 1.22 bits per heavy atom. The Labute approximate surface area is 152 Å². The number of benzene rings is 1. The SMILES string of the molecule is O=S1(=O)N=C(C2CC2)Nc2c(N3CC[C@@H](O)C[C@H]3C(F)(F)F)cc(F)cc21. The second-order valence-corrected chi connectivity index (χ2v) is 8.65. The van der Waals surface area contributed by atoms with Crippen LogP contribution in [0.25, 0.3) is 0 Å². The van der Waals surface area contributed by atoms with Gasteiger partial charge in [-0.25, -0.2) is 4.39 Å². The van der Waals surface area contributed by atoms with Crippen molar-refractivity contribution in [1.82, 2.24) is 0 Å². The zero-order valence-electron chi connectivity index (χ0n) is 14.0. The molecule has 4 rings (SSSR count). The van der Waals surface area contributed by atoms with Gasteiger partial charge in [0.15, 0.2) is 0 Å². The zero-order chi connectivity index (χ0) is 19.6. The van der Waals surface area contributed by atoms with E-state index in [-0.39, 0.29) is 36.1 Å². The number of nitrogens with zero attached hydrogens (tertiary/aromatic N) is 2. The number of halogens is 4. The van der Waals surface area contributed by atoms with Crippen molar-refractivity contribution in [3.63, 3.8) is 0 Å². The molecular weight excluding hydrogens is 390 g/mol. The Morgan fingerprint density at radius 3 is 2.56 bits per heavy atom. The van der Waals surface area contributed by atoms with E-state index in [0.29, 0.717) is 0 Å². The van der Waals surface area contributed by atoms with Gasteiger partial charge in [-0.15, -0.1) is 4.40 Å². The third kappa shape index (κ3) is 3.38. The Bertz CT molecular complexity index is 912. The molecule has 0 bridgehead atoms. The lowest BCUT2D eigenvalue weighted by molar-refractivity contribution is -0.159. The van der Waals surface area contributed by atoms with Gasteiger partial charge in [-0.05, 0) is 31.4 Å². The summed E-state index contributed by atoms with van der Waals surface area (Å²) in [5, 5.41) is 12.5. The van der Waals surface area contributed by atoms with E-state index in [1.807, 2.05) is 0 Å². The monoisotopic (exact) mass is 407 g/mol. The summed E-state index contributed by atoms with van der Waals surface area (Å²) in [5.74, 6) is -0.880. The maximum atomic E-state index is 14.1. The number of amidine groups is 1. The highest BCUT2D eigenvalue weighted by atomic mass is 32.2. The minimum absolute atomic E-state index is 0.0637. The van der Waals surface area contributed by atoms with E-state index in [0.717, 1.165) is 29.9 Å². The average molecular weight is 407 g/mol. The molecule has 2 atom stereocenters. The van der Waals surface area contributed by atoms with Gasteiger partial charge in [0.05, 0.1) is 17.5 Å². The summed E-state index contributed by atoms with van der Waals surface area (Å²) in [6, 6.07) is -0.386. The molecular formula is C16H17F4N3O3S. The first-order valence-corrected chi connectivity index (χ1v) is 9.97. The second-order valence-electron chi connectivity index (χ2n) is 7.08. The van der Waals surface area contributed by atoms with Crippen molar-refractivity contribution in [3.8, 4) is 0 Å². The van der Waals surface area contributed by atoms with Gasteiger partial charge in [-0.2, -0.15) is 21.6 Å². The summed E-state index contributed by atoms with van der Waals surface area (Å²) in [6.07, 6.45) is -4.83. The van der Waals surface area contributed by atoms with E-state index in [4.69, 9.17) is 0 Å². The van der Waals surface area contributed by atoms with Gasteiger partial charge >= 0.3 is 6.18 Å². The van der Waals surface area contributed by atoms with Crippen LogP contribution in [-0.4, -0.2) is 44.2 Å². The lowest BCUT2D eigenvalue weighted by Crippen LogP contribution is -2.52. The fourth-order valence-electron chi connectivity index (χ4n) is 3.53. The first-order chi connectivity index (χ1) is 12.6. The molecule has 1 saturated carbocycles. The predicted molar refractivity (Wildman–Crippen MR) is 89.8 cm³/mol. The number of alkyl halides is 3. The molecule has 2 N–H and O–H groups in total. The van der Waals surface area contributed by atoms with Gasteiger partial charge in [0.2, 0.25) is 0 Å². The number of aliphatic hydroxyl groups is 1. The van der Waals surface area contributed by atoms with E-state index in [1.165, 1.54) is 0 Å². The molecule has 2 heterocycles. The summed E-state index contributed by atoms with van der Waals surface area (Å²) in [4.78, 5) is 0.446. The van der Waals surface area contributed by atoms with Crippen LogP contribution in [-0.2, 0) is 10.0 Å². The van der Waals surface area contributed by atoms with Gasteiger partial charge in [-0.1, -0.05) is 0 Å². The molecule has 0 amide bonds. The summed E-state index contributed by atoms with van der Waals surface area (Å²) >= 11 is 0. The normalized spacial score (nSPS) is 27.6. The number of hydrogen-bond donors (Lipinski definition) is 2. The third-order valence-corrected chi connectivity index (χ3v) is 6.34. The molecule has 27 heavy (non-hydrogen) atoms. The number of rotatable bonds is 2. The van der Waals surface area contributed by atoms with Crippen LogP contribution in [0.4, 0.5) is 28.9 Å². The molecule has 0 radical (unpaired) electrons. The minimum Gasteiger partial charge on any atom is -0.393 e. The highest BCUT2D eigenvalue weighted by Gasteiger charge is 2.48. The highest BCUT2D eigenvalue weighted by Crippen LogP contribution is 2.44. The quantitative estimate of drug-likeness (QED) is 0.737. The number of nitrogens with one attached hydrogen (secondary N) is 1. The Kier molecular flexibility index (Phi) is 4.15. The third-order valence-electron chi connectivity index (χ3n) is 5.02. The molecule has 3 aliphatic rings. The van der Waals surface area contributed by atoms with Crippen LogP contribution >= 0.6 is 0 Å². The number of aliphatic hydroxyl groups excluding tert-OH is 1. The fraction of sp³-hybridized carbons (Fsp3) is 0.562. The van der Waals surface area contributed by atoms with Crippen molar-refractivity contribution in [2.45, 2.75) is 48.9 Å². The van der Waals surface area contributed by atoms with Crippen LogP contribution in [0.15, 0.2) is 21.4 Å². The highest BCUT2D eigenvalue weighted by molar-refractivity contribution is 7.90. The summed E-state index contributed by atoms with van der Waals surface area (Å²) in [5.41, 5.74) is -0.269. The minimum atomic E-state index is -4.67. The van der Waals surface area contributed by atoms with E-state index in [1.54, 1.807) is 0 Å². The van der Waals surface area contributed by atoms with Crippen LogP contribution in [0.1, 0.15) is 25.7 Å². The zero-order valence-corrected chi connectivity index (χ0v) is 14.8. The van der Waals surface area contributed by atoms with Crippen molar-refractivity contribution in [1.29, 1.82) is 0 Å². The molecule has 1 aromatic carbocycles. The molecule has 6 nitrogen and oxygen atoms in total.